The predicted molar refractivity (Wildman–Crippen MR) is 73.0 cm³/mol. The second kappa shape index (κ2) is 17.3. The molecule has 0 aliphatic rings. The Bertz CT molecular complexity index is 319. The Morgan fingerprint density at radius 2 is 1.00 bits per heavy atom. The van der Waals surface area contributed by atoms with Crippen molar-refractivity contribution >= 4 is 23.9 Å². The molecule has 0 unspecified atom stereocenters. The molecule has 9 nitrogen and oxygen atoms in total. The van der Waals surface area contributed by atoms with Crippen LogP contribution in [-0.2, 0) is 19.2 Å². The van der Waals surface area contributed by atoms with Gasteiger partial charge in [-0.3, -0.25) is 0 Å². The molecule has 0 heterocycles. The van der Waals surface area contributed by atoms with E-state index in [0.717, 1.165) is 6.54 Å². The van der Waals surface area contributed by atoms with Gasteiger partial charge in [-0.1, -0.05) is 6.92 Å². The largest absolute Gasteiger partial charge is 0.478 e. The summed E-state index contributed by atoms with van der Waals surface area (Å²) in [7, 11) is 1.96. The first-order chi connectivity index (χ1) is 9.67. The summed E-state index contributed by atoms with van der Waals surface area (Å²) in [5, 5.41) is 34.3. The van der Waals surface area contributed by atoms with Crippen LogP contribution >= 0.6 is 0 Å². The van der Waals surface area contributed by atoms with Gasteiger partial charge in [0.25, 0.3) is 0 Å². The van der Waals surface area contributed by atoms with E-state index >= 15 is 0 Å². The number of hydrogen-bond acceptors (Lipinski definition) is 5. The molecule has 0 aromatic carbocycles. The van der Waals surface area contributed by atoms with E-state index in [1.165, 1.54) is 6.42 Å². The summed E-state index contributed by atoms with van der Waals surface area (Å²) in [6.45, 7) is 3.29. The summed E-state index contributed by atoms with van der Waals surface area (Å²) in [6, 6.07) is 0. The van der Waals surface area contributed by atoms with E-state index in [0.29, 0.717) is 24.3 Å². The van der Waals surface area contributed by atoms with Crippen LogP contribution in [0.25, 0.3) is 0 Å². The van der Waals surface area contributed by atoms with Gasteiger partial charge in [0.2, 0.25) is 0 Å². The van der Waals surface area contributed by atoms with Crippen LogP contribution in [0.15, 0.2) is 24.3 Å². The van der Waals surface area contributed by atoms with Gasteiger partial charge in [0, 0.05) is 24.3 Å². The summed E-state index contributed by atoms with van der Waals surface area (Å²) in [6.07, 6.45) is 3.46. The molecule has 0 radical (unpaired) electrons. The van der Waals surface area contributed by atoms with Crippen molar-refractivity contribution in [2.75, 3.05) is 13.6 Å². The highest BCUT2D eigenvalue weighted by Gasteiger charge is 1.88. The zero-order valence-corrected chi connectivity index (χ0v) is 11.6. The first-order valence-corrected chi connectivity index (χ1v) is 5.59. The monoisotopic (exact) mass is 305 g/mol. The first-order valence-electron chi connectivity index (χ1n) is 5.59. The molecule has 0 rings (SSSR count). The lowest BCUT2D eigenvalue weighted by atomic mass is 10.5. The average Bonchev–Trinajstić information content (AvgIpc) is 2.36. The predicted octanol–water partition coefficient (Wildman–Crippen LogP) is 0.0394. The molecule has 0 bridgehead atoms. The van der Waals surface area contributed by atoms with Crippen molar-refractivity contribution in [3.8, 4) is 0 Å². The SMILES string of the molecule is CCCNC.O=C(O)/C=C/C(=O)O.O=C(O)/C=C/C(=O)O. The number of nitrogens with one attached hydrogen (secondary N) is 1. The molecule has 0 atom stereocenters. The Balaban J connectivity index is -0.000000239. The molecule has 0 aliphatic carbocycles. The highest BCUT2D eigenvalue weighted by molar-refractivity contribution is 5.90. The van der Waals surface area contributed by atoms with Crippen LogP contribution < -0.4 is 5.32 Å². The molecule has 0 aliphatic heterocycles. The van der Waals surface area contributed by atoms with Crippen LogP contribution in [0.3, 0.4) is 0 Å². The summed E-state index contributed by atoms with van der Waals surface area (Å²) < 4.78 is 0. The summed E-state index contributed by atoms with van der Waals surface area (Å²) in [4.78, 5) is 38.2. The van der Waals surface area contributed by atoms with Crippen molar-refractivity contribution in [2.45, 2.75) is 13.3 Å². The first kappa shape index (κ1) is 23.4. The number of carboxylic acids is 4. The summed E-state index contributed by atoms with van der Waals surface area (Å²) >= 11 is 0. The van der Waals surface area contributed by atoms with Crippen molar-refractivity contribution in [2.24, 2.45) is 0 Å². The van der Waals surface area contributed by atoms with Crippen LogP contribution in [0.1, 0.15) is 13.3 Å². The third-order valence-corrected chi connectivity index (χ3v) is 1.24. The van der Waals surface area contributed by atoms with E-state index in [-0.39, 0.29) is 0 Å². The standard InChI is InChI=1S/C4H11N.2C4H4O4/c1-3-4-5-2;2*5-3(6)1-2-4(7)8/h5H,3-4H2,1-2H3;2*1-2H,(H,5,6)(H,7,8)/b;2*2-1+. The van der Waals surface area contributed by atoms with E-state index in [9.17, 15) is 19.2 Å². The summed E-state index contributed by atoms with van der Waals surface area (Å²) in [5.74, 6) is -5.03. The fraction of sp³-hybridized carbons (Fsp3) is 0.333. The van der Waals surface area contributed by atoms with E-state index in [4.69, 9.17) is 20.4 Å². The Kier molecular flexibility index (Phi) is 19.3. The van der Waals surface area contributed by atoms with Crippen LogP contribution in [0.5, 0.6) is 0 Å². The fourth-order valence-corrected chi connectivity index (χ4v) is 0.535. The zero-order chi connectivity index (χ0) is 17.3. The normalized spacial score (nSPS) is 9.24. The Morgan fingerprint density at radius 3 is 1.05 bits per heavy atom. The lowest BCUT2D eigenvalue weighted by Gasteiger charge is -1.84. The van der Waals surface area contributed by atoms with Crippen molar-refractivity contribution in [1.29, 1.82) is 0 Å². The molecule has 0 fully saturated rings. The number of carboxylic acid groups (broad SMARTS) is 4. The van der Waals surface area contributed by atoms with Crippen molar-refractivity contribution < 1.29 is 39.6 Å². The number of rotatable bonds is 6. The third kappa shape index (κ3) is 46.8. The third-order valence-electron chi connectivity index (χ3n) is 1.24. The lowest BCUT2D eigenvalue weighted by molar-refractivity contribution is -0.134. The van der Waals surface area contributed by atoms with Gasteiger partial charge >= 0.3 is 23.9 Å². The Hall–Kier alpha value is -2.68. The molecule has 0 saturated carbocycles. The van der Waals surface area contributed by atoms with Crippen molar-refractivity contribution in [3.05, 3.63) is 24.3 Å². The molecule has 120 valence electrons. The van der Waals surface area contributed by atoms with Crippen LogP contribution in [0.4, 0.5) is 0 Å². The second-order valence-corrected chi connectivity index (χ2v) is 3.12. The van der Waals surface area contributed by atoms with Gasteiger partial charge in [0.1, 0.15) is 0 Å². The van der Waals surface area contributed by atoms with Gasteiger partial charge in [0.15, 0.2) is 0 Å². The van der Waals surface area contributed by atoms with Gasteiger partial charge in [-0.05, 0) is 20.0 Å². The van der Waals surface area contributed by atoms with E-state index in [2.05, 4.69) is 12.2 Å². The molecule has 21 heavy (non-hydrogen) atoms. The van der Waals surface area contributed by atoms with Gasteiger partial charge in [0.05, 0.1) is 0 Å². The second-order valence-electron chi connectivity index (χ2n) is 3.12. The maximum Gasteiger partial charge on any atom is 0.328 e. The van der Waals surface area contributed by atoms with Gasteiger partial charge in [-0.2, -0.15) is 0 Å². The molecule has 0 saturated heterocycles. The van der Waals surface area contributed by atoms with Crippen LogP contribution in [-0.4, -0.2) is 57.9 Å². The maximum atomic E-state index is 9.55. The number of carbonyl (C=O) groups is 4. The van der Waals surface area contributed by atoms with Crippen molar-refractivity contribution in [3.63, 3.8) is 0 Å². The van der Waals surface area contributed by atoms with Crippen molar-refractivity contribution in [1.82, 2.24) is 5.32 Å². The van der Waals surface area contributed by atoms with E-state index < -0.39 is 23.9 Å². The summed E-state index contributed by atoms with van der Waals surface area (Å²) in [5.41, 5.74) is 0. The lowest BCUT2D eigenvalue weighted by Crippen LogP contribution is -2.04. The number of aliphatic carboxylic acids is 4. The molecule has 0 spiro atoms. The molecule has 0 aromatic heterocycles. The van der Waals surface area contributed by atoms with Crippen LogP contribution in [0.2, 0.25) is 0 Å². The van der Waals surface area contributed by atoms with Crippen LogP contribution in [0, 0.1) is 0 Å². The van der Waals surface area contributed by atoms with E-state index in [1.807, 2.05) is 7.05 Å². The molecule has 5 N–H and O–H groups in total. The topological polar surface area (TPSA) is 161 Å². The highest BCUT2D eigenvalue weighted by atomic mass is 16.4. The zero-order valence-electron chi connectivity index (χ0n) is 11.6. The van der Waals surface area contributed by atoms with Gasteiger partial charge < -0.3 is 25.7 Å². The Labute approximate surface area is 121 Å². The minimum atomic E-state index is -1.26. The molecular weight excluding hydrogens is 286 g/mol. The molecular formula is C12H19NO8. The van der Waals surface area contributed by atoms with Gasteiger partial charge in [-0.15, -0.1) is 0 Å². The molecule has 0 aromatic rings. The molecule has 9 heteroatoms. The van der Waals surface area contributed by atoms with E-state index in [1.54, 1.807) is 0 Å². The minimum Gasteiger partial charge on any atom is -0.478 e. The quantitative estimate of drug-likeness (QED) is 0.426. The average molecular weight is 305 g/mol. The minimum absolute atomic E-state index is 0.558. The highest BCUT2D eigenvalue weighted by Crippen LogP contribution is 1.71. The number of hydrogen-bond donors (Lipinski definition) is 5. The smallest absolute Gasteiger partial charge is 0.328 e. The maximum absolute atomic E-state index is 9.55. The molecule has 0 amide bonds. The Morgan fingerprint density at radius 1 is 0.762 bits per heavy atom. The van der Waals surface area contributed by atoms with Gasteiger partial charge in [-0.25, -0.2) is 19.2 Å². The fourth-order valence-electron chi connectivity index (χ4n) is 0.535.